The first-order valence-electron chi connectivity index (χ1n) is 3.84. The molecule has 0 aliphatic carbocycles. The van der Waals surface area contributed by atoms with E-state index in [1.807, 2.05) is 0 Å². The summed E-state index contributed by atoms with van der Waals surface area (Å²) in [4.78, 5) is 10.7. The van der Waals surface area contributed by atoms with Crippen LogP contribution in [0, 0.1) is 0 Å². The molecule has 0 radical (unpaired) electrons. The Kier molecular flexibility index (Phi) is 11.6. The van der Waals surface area contributed by atoms with Gasteiger partial charge in [0, 0.05) is 5.57 Å². The van der Waals surface area contributed by atoms with Crippen LogP contribution in [0.1, 0.15) is 26.7 Å². The zero-order valence-electron chi connectivity index (χ0n) is 7.80. The Hall–Kier alpha value is -0.870. The predicted octanol–water partition coefficient (Wildman–Crippen LogP) is 0.725. The van der Waals surface area contributed by atoms with Gasteiger partial charge < -0.3 is 4.74 Å². The second-order valence-corrected chi connectivity index (χ2v) is 2.27. The molecule has 0 rings (SSSR count). The van der Waals surface area contributed by atoms with Gasteiger partial charge in [-0.1, -0.05) is 19.9 Å². The van der Waals surface area contributed by atoms with Crippen molar-refractivity contribution in [3.8, 4) is 0 Å². The van der Waals surface area contributed by atoms with Crippen molar-refractivity contribution in [1.29, 1.82) is 0 Å². The molecule has 0 aromatic rings. The van der Waals surface area contributed by atoms with Gasteiger partial charge in [-0.25, -0.2) is 4.79 Å². The van der Waals surface area contributed by atoms with Gasteiger partial charge in [-0.3, -0.25) is 11.7 Å². The monoisotopic (exact) mass is 174 g/mol. The van der Waals surface area contributed by atoms with Crippen LogP contribution in [-0.2, 0) is 9.53 Å². The topological polar surface area (TPSA) is 78.3 Å². The highest BCUT2D eigenvalue weighted by Gasteiger charge is 2.00. The third kappa shape index (κ3) is 9.13. The Balaban J connectivity index is 0. The fourth-order valence-corrected chi connectivity index (χ4v) is 0.432. The molecule has 12 heavy (non-hydrogen) atoms. The highest BCUT2D eigenvalue weighted by molar-refractivity contribution is 5.86. The fraction of sp³-hybridized carbons (Fsp3) is 0.625. The number of hydrogen-bond acceptors (Lipinski definition) is 4. The SMILES string of the molecule is C=C(C)C(=O)OCCCC.NN. The van der Waals surface area contributed by atoms with Gasteiger partial charge in [0.15, 0.2) is 0 Å². The van der Waals surface area contributed by atoms with Crippen LogP contribution in [0.2, 0.25) is 0 Å². The summed E-state index contributed by atoms with van der Waals surface area (Å²) in [6.45, 7) is 7.67. The average Bonchev–Trinajstić information content (AvgIpc) is 2.08. The van der Waals surface area contributed by atoms with Gasteiger partial charge in [0.1, 0.15) is 0 Å². The first kappa shape index (κ1) is 13.7. The van der Waals surface area contributed by atoms with E-state index < -0.39 is 0 Å². The zero-order valence-corrected chi connectivity index (χ0v) is 7.80. The Morgan fingerprint density at radius 3 is 2.33 bits per heavy atom. The first-order chi connectivity index (χ1) is 5.68. The maximum absolute atomic E-state index is 10.7. The van der Waals surface area contributed by atoms with Crippen LogP contribution in [0.3, 0.4) is 0 Å². The maximum Gasteiger partial charge on any atom is 0.333 e. The minimum atomic E-state index is -0.284. The fourth-order valence-electron chi connectivity index (χ4n) is 0.432. The largest absolute Gasteiger partial charge is 0.462 e. The number of rotatable bonds is 4. The van der Waals surface area contributed by atoms with Gasteiger partial charge in [-0.2, -0.15) is 0 Å². The van der Waals surface area contributed by atoms with Crippen molar-refractivity contribution in [2.24, 2.45) is 11.7 Å². The van der Waals surface area contributed by atoms with E-state index in [-0.39, 0.29) is 5.97 Å². The van der Waals surface area contributed by atoms with Crippen molar-refractivity contribution in [3.05, 3.63) is 12.2 Å². The number of carbonyl (C=O) groups is 1. The molecule has 0 heterocycles. The molecule has 4 nitrogen and oxygen atoms in total. The Labute approximate surface area is 73.5 Å². The van der Waals surface area contributed by atoms with Crippen molar-refractivity contribution in [2.75, 3.05) is 6.61 Å². The summed E-state index contributed by atoms with van der Waals surface area (Å²) in [5.41, 5.74) is 0.469. The lowest BCUT2D eigenvalue weighted by Gasteiger charge is -2.01. The highest BCUT2D eigenvalue weighted by atomic mass is 16.5. The van der Waals surface area contributed by atoms with Crippen LogP contribution >= 0.6 is 0 Å². The van der Waals surface area contributed by atoms with E-state index in [0.29, 0.717) is 12.2 Å². The molecule has 0 aromatic heterocycles. The van der Waals surface area contributed by atoms with Gasteiger partial charge in [-0.05, 0) is 13.3 Å². The normalized spacial score (nSPS) is 8.00. The summed E-state index contributed by atoms with van der Waals surface area (Å²) in [6, 6.07) is 0. The summed E-state index contributed by atoms with van der Waals surface area (Å²) in [5, 5.41) is 0. The molecule has 0 aliphatic rings. The molecule has 0 atom stereocenters. The summed E-state index contributed by atoms with van der Waals surface area (Å²) in [6.07, 6.45) is 1.97. The molecule has 0 spiro atoms. The number of hydrogen-bond donors (Lipinski definition) is 2. The van der Waals surface area contributed by atoms with Crippen LogP contribution < -0.4 is 11.7 Å². The number of nitrogens with two attached hydrogens (primary N) is 2. The minimum absolute atomic E-state index is 0.284. The van der Waals surface area contributed by atoms with Gasteiger partial charge in [0.2, 0.25) is 0 Å². The van der Waals surface area contributed by atoms with Crippen molar-refractivity contribution >= 4 is 5.97 Å². The second kappa shape index (κ2) is 10.1. The van der Waals surface area contributed by atoms with Crippen molar-refractivity contribution in [3.63, 3.8) is 0 Å². The lowest BCUT2D eigenvalue weighted by Crippen LogP contribution is -2.05. The molecule has 72 valence electrons. The number of unbranched alkanes of at least 4 members (excludes halogenated alkanes) is 1. The molecule has 4 N–H and O–H groups in total. The quantitative estimate of drug-likeness (QED) is 0.216. The summed E-state index contributed by atoms with van der Waals surface area (Å²) < 4.78 is 4.81. The van der Waals surface area contributed by atoms with E-state index >= 15 is 0 Å². The molecule has 0 aromatic carbocycles. The molecule has 0 unspecified atom stereocenters. The molecule has 4 heteroatoms. The summed E-state index contributed by atoms with van der Waals surface area (Å²) >= 11 is 0. The first-order valence-corrected chi connectivity index (χ1v) is 3.84. The average molecular weight is 174 g/mol. The van der Waals surface area contributed by atoms with Crippen LogP contribution in [0.15, 0.2) is 12.2 Å². The van der Waals surface area contributed by atoms with Crippen LogP contribution in [0.4, 0.5) is 0 Å². The molecule has 0 amide bonds. The third-order valence-electron chi connectivity index (χ3n) is 1.08. The van der Waals surface area contributed by atoms with E-state index in [2.05, 4.69) is 25.2 Å². The number of esters is 1. The van der Waals surface area contributed by atoms with Gasteiger partial charge >= 0.3 is 5.97 Å². The minimum Gasteiger partial charge on any atom is -0.462 e. The molecular formula is C8H18N2O2. The Morgan fingerprint density at radius 2 is 2.00 bits per heavy atom. The van der Waals surface area contributed by atoms with E-state index in [9.17, 15) is 4.79 Å². The smallest absolute Gasteiger partial charge is 0.333 e. The Morgan fingerprint density at radius 1 is 1.50 bits per heavy atom. The number of ether oxygens (including phenoxy) is 1. The number of carbonyl (C=O) groups excluding carboxylic acids is 1. The van der Waals surface area contributed by atoms with E-state index in [4.69, 9.17) is 4.74 Å². The van der Waals surface area contributed by atoms with Crippen LogP contribution in [0.5, 0.6) is 0 Å². The highest BCUT2D eigenvalue weighted by Crippen LogP contribution is 1.94. The van der Waals surface area contributed by atoms with E-state index in [1.165, 1.54) is 0 Å². The Bertz CT molecular complexity index is 135. The predicted molar refractivity (Wildman–Crippen MR) is 49.1 cm³/mol. The van der Waals surface area contributed by atoms with E-state index in [1.54, 1.807) is 6.92 Å². The third-order valence-corrected chi connectivity index (χ3v) is 1.08. The molecular weight excluding hydrogens is 156 g/mol. The lowest BCUT2D eigenvalue weighted by molar-refractivity contribution is -0.139. The van der Waals surface area contributed by atoms with Gasteiger partial charge in [0.25, 0.3) is 0 Å². The molecule has 0 saturated carbocycles. The zero-order chi connectivity index (χ0) is 9.98. The van der Waals surface area contributed by atoms with Gasteiger partial charge in [0.05, 0.1) is 6.61 Å². The van der Waals surface area contributed by atoms with Crippen LogP contribution in [-0.4, -0.2) is 12.6 Å². The summed E-state index contributed by atoms with van der Waals surface area (Å²) in [7, 11) is 0. The lowest BCUT2D eigenvalue weighted by atomic mass is 10.3. The second-order valence-electron chi connectivity index (χ2n) is 2.27. The van der Waals surface area contributed by atoms with E-state index in [0.717, 1.165) is 12.8 Å². The van der Waals surface area contributed by atoms with Crippen molar-refractivity contribution in [2.45, 2.75) is 26.7 Å². The van der Waals surface area contributed by atoms with Gasteiger partial charge in [-0.15, -0.1) is 0 Å². The van der Waals surface area contributed by atoms with Crippen LogP contribution in [0.25, 0.3) is 0 Å². The van der Waals surface area contributed by atoms with Crippen molar-refractivity contribution < 1.29 is 9.53 Å². The standard InChI is InChI=1S/C8H14O2.H4N2/c1-4-5-6-10-8(9)7(2)3;1-2/h2,4-6H2,1,3H3;1-2H2. The molecule has 0 fully saturated rings. The van der Waals surface area contributed by atoms with Crippen molar-refractivity contribution in [1.82, 2.24) is 0 Å². The molecule has 0 saturated heterocycles. The maximum atomic E-state index is 10.7. The molecule has 0 bridgehead atoms. The molecule has 0 aliphatic heterocycles. The summed E-state index contributed by atoms with van der Waals surface area (Å²) in [5.74, 6) is 7.72. The number of hydrazine groups is 1.